The van der Waals surface area contributed by atoms with E-state index in [9.17, 15) is 52.7 Å². The van der Waals surface area contributed by atoms with E-state index in [4.69, 9.17) is 0 Å². The number of hydrogen-bond acceptors (Lipinski definition) is 6. The first-order valence-electron chi connectivity index (χ1n) is 8.97. The second-order valence-electron chi connectivity index (χ2n) is 7.53. The summed E-state index contributed by atoms with van der Waals surface area (Å²) in [6.07, 6.45) is -34.1. The minimum absolute atomic E-state index is 0.466. The average molecular weight is 625 g/mol. The summed E-state index contributed by atoms with van der Waals surface area (Å²) in [5.74, 6) is 0. The van der Waals surface area contributed by atoms with Crippen LogP contribution in [0.3, 0.4) is 0 Å². The van der Waals surface area contributed by atoms with Crippen LogP contribution < -0.4 is 0 Å². The van der Waals surface area contributed by atoms with Crippen LogP contribution in [0.4, 0.5) is 52.7 Å². The summed E-state index contributed by atoms with van der Waals surface area (Å²) < 4.78 is 179. The van der Waals surface area contributed by atoms with Gasteiger partial charge in [-0.25, -0.2) is 0 Å². The molecule has 19 heteroatoms. The van der Waals surface area contributed by atoms with Gasteiger partial charge in [-0.2, -0.15) is 0 Å². The Bertz CT molecular complexity index is 559. The minimum atomic E-state index is -7.43. The molecule has 33 heavy (non-hydrogen) atoms. The number of nitrogens with zero attached hydrogens (tertiary/aromatic N) is 2. The summed E-state index contributed by atoms with van der Waals surface area (Å²) >= 11 is -7.43. The number of hydrogen-bond donors (Lipinski definition) is 0. The van der Waals surface area contributed by atoms with Crippen LogP contribution in [-0.4, -0.2) is 119 Å². The van der Waals surface area contributed by atoms with Crippen LogP contribution in [0.5, 0.6) is 0 Å². The normalized spacial score (nSPS) is 35.1. The molecular weight excluding hydrogens is 607 g/mol. The van der Waals surface area contributed by atoms with Gasteiger partial charge in [-0.15, -0.1) is 0 Å². The predicted octanol–water partition coefficient (Wildman–Crippen LogP) is 3.10. The SMILES string of the molecule is CN1CC(C(F)(F)F)[O][Sn]2([O]C(C(F)(F)F)C1)[O]C(C(F)(F)F)CN(C)CC(C(F)(F)F)[O]2. The molecule has 0 bridgehead atoms. The second-order valence-corrected chi connectivity index (χ2v) is 13.1. The average Bonchev–Trinajstić information content (AvgIpc) is 2.52. The van der Waals surface area contributed by atoms with Gasteiger partial charge >= 0.3 is 184 Å². The van der Waals surface area contributed by atoms with Gasteiger partial charge in [-0.3, -0.25) is 0 Å². The Morgan fingerprint density at radius 3 is 0.818 bits per heavy atom. The Morgan fingerprint density at radius 1 is 0.485 bits per heavy atom. The third kappa shape index (κ3) is 7.86. The molecule has 1 spiro atoms. The molecule has 0 radical (unpaired) electrons. The first-order chi connectivity index (χ1) is 14.6. The van der Waals surface area contributed by atoms with Crippen molar-refractivity contribution in [2.45, 2.75) is 49.1 Å². The quantitative estimate of drug-likeness (QED) is 0.305. The zero-order valence-corrected chi connectivity index (χ0v) is 19.6. The maximum absolute atomic E-state index is 13.4. The monoisotopic (exact) mass is 626 g/mol. The van der Waals surface area contributed by atoms with Gasteiger partial charge in [0.1, 0.15) is 0 Å². The van der Waals surface area contributed by atoms with Gasteiger partial charge in [0.2, 0.25) is 0 Å². The molecule has 2 fully saturated rings. The van der Waals surface area contributed by atoms with Crippen molar-refractivity contribution in [1.82, 2.24) is 9.80 Å². The molecule has 4 unspecified atom stereocenters. The van der Waals surface area contributed by atoms with Crippen LogP contribution in [0.2, 0.25) is 0 Å². The number of alkyl halides is 12. The van der Waals surface area contributed by atoms with E-state index < -0.39 is 95.3 Å². The summed E-state index contributed by atoms with van der Waals surface area (Å²) in [5, 5.41) is 0. The maximum atomic E-state index is 13.4. The first kappa shape index (κ1) is 29.0. The van der Waals surface area contributed by atoms with E-state index in [2.05, 4.69) is 12.3 Å². The number of halogens is 12. The second kappa shape index (κ2) is 9.64. The molecular formula is C14H18F12N2O4Sn. The zero-order valence-electron chi connectivity index (χ0n) is 16.7. The Kier molecular flexibility index (Phi) is 8.46. The molecule has 6 nitrogen and oxygen atoms in total. The molecule has 0 saturated carbocycles. The van der Waals surface area contributed by atoms with Gasteiger partial charge in [0, 0.05) is 0 Å². The van der Waals surface area contributed by atoms with Gasteiger partial charge in [-0.1, -0.05) is 0 Å². The molecule has 2 aliphatic heterocycles. The van der Waals surface area contributed by atoms with Crippen molar-refractivity contribution in [3.05, 3.63) is 0 Å². The molecule has 0 N–H and O–H groups in total. The van der Waals surface area contributed by atoms with E-state index in [0.717, 1.165) is 14.1 Å². The van der Waals surface area contributed by atoms with Gasteiger partial charge < -0.3 is 0 Å². The van der Waals surface area contributed by atoms with E-state index in [-0.39, 0.29) is 0 Å². The third-order valence-corrected chi connectivity index (χ3v) is 11.1. The fourth-order valence-corrected chi connectivity index (χ4v) is 10.3. The van der Waals surface area contributed by atoms with Crippen LogP contribution in [0.1, 0.15) is 0 Å². The van der Waals surface area contributed by atoms with Crippen LogP contribution in [0, 0.1) is 0 Å². The van der Waals surface area contributed by atoms with Crippen molar-refractivity contribution < 1.29 is 65.0 Å². The fraction of sp³-hybridized carbons (Fsp3) is 1.00. The molecule has 0 amide bonds. The molecule has 2 aliphatic rings. The first-order valence-corrected chi connectivity index (χ1v) is 13.6. The van der Waals surface area contributed by atoms with Gasteiger partial charge in [0.25, 0.3) is 0 Å². The van der Waals surface area contributed by atoms with Crippen molar-refractivity contribution in [2.24, 2.45) is 0 Å². The van der Waals surface area contributed by atoms with Gasteiger partial charge in [0.05, 0.1) is 0 Å². The van der Waals surface area contributed by atoms with E-state index in [1.807, 2.05) is 0 Å². The van der Waals surface area contributed by atoms with Crippen LogP contribution in [-0.2, 0) is 12.3 Å². The van der Waals surface area contributed by atoms with Crippen LogP contribution in [0.15, 0.2) is 0 Å². The standard InChI is InChI=1S/2C7H9F6NO2.Sn/c2*1-14(2-4(15)6(8,9)10)3-5(16)7(11,12)13;/h2*4-5H,2-3H2,1H3;/q2*-2;+4. The van der Waals surface area contributed by atoms with Crippen molar-refractivity contribution in [3.63, 3.8) is 0 Å². The zero-order chi connectivity index (χ0) is 25.6. The van der Waals surface area contributed by atoms with Crippen molar-refractivity contribution >= 4 is 20.0 Å². The van der Waals surface area contributed by atoms with E-state index in [1.54, 1.807) is 0 Å². The van der Waals surface area contributed by atoms with Crippen molar-refractivity contribution in [2.75, 3.05) is 40.3 Å². The van der Waals surface area contributed by atoms with Gasteiger partial charge in [-0.05, 0) is 0 Å². The topological polar surface area (TPSA) is 43.4 Å². The molecule has 0 aromatic heterocycles. The van der Waals surface area contributed by atoms with Crippen LogP contribution >= 0.6 is 0 Å². The van der Waals surface area contributed by atoms with Gasteiger partial charge in [0.15, 0.2) is 0 Å². The summed E-state index contributed by atoms with van der Waals surface area (Å²) in [7, 11) is 1.62. The molecule has 0 aliphatic carbocycles. The summed E-state index contributed by atoms with van der Waals surface area (Å²) in [4.78, 5) is 0.933. The number of likely N-dealkylation sites (N-methyl/N-ethyl adjacent to an activating group) is 2. The molecule has 196 valence electrons. The molecule has 0 aromatic carbocycles. The Morgan fingerprint density at radius 2 is 0.667 bits per heavy atom. The molecule has 2 rings (SSSR count). The Hall–Kier alpha value is -0.281. The Labute approximate surface area is 184 Å². The molecule has 2 saturated heterocycles. The predicted molar refractivity (Wildman–Crippen MR) is 84.5 cm³/mol. The number of rotatable bonds is 0. The van der Waals surface area contributed by atoms with Crippen molar-refractivity contribution in [3.8, 4) is 0 Å². The molecule has 4 atom stereocenters. The van der Waals surface area contributed by atoms with E-state index in [1.165, 1.54) is 0 Å². The van der Waals surface area contributed by atoms with E-state index >= 15 is 0 Å². The van der Waals surface area contributed by atoms with Crippen LogP contribution in [0.25, 0.3) is 0 Å². The fourth-order valence-electron chi connectivity index (χ4n) is 2.98. The summed E-state index contributed by atoms with van der Waals surface area (Å²) in [6.45, 7) is -5.40. The molecule has 0 aromatic rings. The van der Waals surface area contributed by atoms with E-state index in [0.29, 0.717) is 9.80 Å². The Balaban J connectivity index is 2.63. The summed E-state index contributed by atoms with van der Waals surface area (Å²) in [5.41, 5.74) is 0. The molecule has 2 heterocycles. The van der Waals surface area contributed by atoms with Crippen molar-refractivity contribution in [1.29, 1.82) is 0 Å². The summed E-state index contributed by atoms with van der Waals surface area (Å²) in [6, 6.07) is 0. The third-order valence-electron chi connectivity index (χ3n) is 4.52.